The highest BCUT2D eigenvalue weighted by Gasteiger charge is 2.21. The molecule has 104 valence electrons. The number of hydrogen-bond acceptors (Lipinski definition) is 7. The van der Waals surface area contributed by atoms with Crippen molar-refractivity contribution in [3.8, 4) is 22.6 Å². The van der Waals surface area contributed by atoms with Gasteiger partial charge in [0.1, 0.15) is 28.3 Å². The van der Waals surface area contributed by atoms with Gasteiger partial charge in [0.15, 0.2) is 0 Å². The molecule has 0 bridgehead atoms. The van der Waals surface area contributed by atoms with E-state index in [2.05, 4.69) is 5.32 Å². The largest absolute Gasteiger partial charge is 0.465 e. The monoisotopic (exact) mass is 315 g/mol. The molecule has 0 aromatic carbocycles. The molecule has 0 fully saturated rings. The number of esters is 1. The third-order valence-corrected chi connectivity index (χ3v) is 4.37. The van der Waals surface area contributed by atoms with Crippen molar-refractivity contribution < 1.29 is 9.53 Å². The number of hydrogen-bond donors (Lipinski definition) is 1. The highest BCUT2D eigenvalue weighted by Crippen LogP contribution is 2.38. The van der Waals surface area contributed by atoms with Crippen LogP contribution in [-0.4, -0.2) is 13.1 Å². The van der Waals surface area contributed by atoms with Crippen LogP contribution in [0, 0.1) is 22.7 Å². The molecule has 21 heavy (non-hydrogen) atoms. The third kappa shape index (κ3) is 3.11. The quantitative estimate of drug-likeness (QED) is 0.688. The number of anilines is 1. The van der Waals surface area contributed by atoms with Crippen molar-refractivity contribution in [2.24, 2.45) is 0 Å². The first-order chi connectivity index (χ1) is 10.2. The lowest BCUT2D eigenvalue weighted by molar-refractivity contribution is 0.0603. The molecule has 2 aromatic rings. The van der Waals surface area contributed by atoms with Gasteiger partial charge < -0.3 is 10.1 Å². The number of carbonyl (C=O) groups is 1. The Morgan fingerprint density at radius 3 is 2.71 bits per heavy atom. The molecule has 7 heteroatoms. The predicted molar refractivity (Wildman–Crippen MR) is 81.9 cm³/mol. The summed E-state index contributed by atoms with van der Waals surface area (Å²) in [6.45, 7) is 0. The summed E-state index contributed by atoms with van der Waals surface area (Å²) in [5, 5.41) is 24.6. The van der Waals surface area contributed by atoms with E-state index in [4.69, 9.17) is 15.3 Å². The minimum Gasteiger partial charge on any atom is -0.465 e. The van der Waals surface area contributed by atoms with Gasteiger partial charge in [-0.3, -0.25) is 0 Å². The summed E-state index contributed by atoms with van der Waals surface area (Å²) in [5.41, 5.74) is 1.10. The van der Waals surface area contributed by atoms with E-state index in [0.29, 0.717) is 10.6 Å². The van der Waals surface area contributed by atoms with Gasteiger partial charge in [-0.15, -0.1) is 22.7 Å². The maximum Gasteiger partial charge on any atom is 0.341 e. The molecule has 0 aliphatic rings. The summed E-state index contributed by atoms with van der Waals surface area (Å²) >= 11 is 2.83. The molecule has 2 rings (SSSR count). The van der Waals surface area contributed by atoms with Crippen molar-refractivity contribution in [2.45, 2.75) is 0 Å². The molecule has 0 aliphatic carbocycles. The van der Waals surface area contributed by atoms with Gasteiger partial charge in [-0.1, -0.05) is 6.07 Å². The normalized spacial score (nSPS) is 9.29. The fourth-order valence-corrected chi connectivity index (χ4v) is 3.35. The van der Waals surface area contributed by atoms with Crippen molar-refractivity contribution >= 4 is 33.6 Å². The van der Waals surface area contributed by atoms with Crippen LogP contribution in [0.5, 0.6) is 0 Å². The number of carbonyl (C=O) groups excluding carboxylic acids is 1. The van der Waals surface area contributed by atoms with Crippen molar-refractivity contribution in [3.05, 3.63) is 40.2 Å². The zero-order valence-electron chi connectivity index (χ0n) is 10.9. The van der Waals surface area contributed by atoms with Crippen LogP contribution < -0.4 is 5.32 Å². The van der Waals surface area contributed by atoms with Gasteiger partial charge in [0, 0.05) is 22.0 Å². The highest BCUT2D eigenvalue weighted by molar-refractivity contribution is 7.17. The Hall–Kier alpha value is -2.61. The van der Waals surface area contributed by atoms with E-state index in [9.17, 15) is 4.79 Å². The number of rotatable bonds is 4. The zero-order chi connectivity index (χ0) is 15.2. The van der Waals surface area contributed by atoms with Crippen LogP contribution in [0.1, 0.15) is 10.4 Å². The first kappa shape index (κ1) is 14.8. The Balaban J connectivity index is 2.44. The van der Waals surface area contributed by atoms with Crippen molar-refractivity contribution in [1.29, 1.82) is 10.5 Å². The molecule has 0 unspecified atom stereocenters. The molecule has 1 N–H and O–H groups in total. The maximum atomic E-state index is 12.0. The van der Waals surface area contributed by atoms with Crippen LogP contribution in [-0.2, 0) is 4.74 Å². The number of nitrogens with one attached hydrogen (secondary N) is 1. The Kier molecular flexibility index (Phi) is 4.72. The second kappa shape index (κ2) is 6.71. The van der Waals surface area contributed by atoms with E-state index in [1.54, 1.807) is 12.1 Å². The van der Waals surface area contributed by atoms with E-state index in [-0.39, 0.29) is 5.57 Å². The van der Waals surface area contributed by atoms with Crippen molar-refractivity contribution in [3.63, 3.8) is 0 Å². The van der Waals surface area contributed by atoms with Crippen molar-refractivity contribution in [1.82, 2.24) is 0 Å². The predicted octanol–water partition coefficient (Wildman–Crippen LogP) is 3.61. The minimum atomic E-state index is -0.467. The first-order valence-corrected chi connectivity index (χ1v) is 7.47. The molecule has 0 aliphatic heterocycles. The lowest BCUT2D eigenvalue weighted by Gasteiger charge is -2.04. The van der Waals surface area contributed by atoms with Crippen LogP contribution >= 0.6 is 22.7 Å². The Morgan fingerprint density at radius 1 is 1.38 bits per heavy atom. The first-order valence-electron chi connectivity index (χ1n) is 5.71. The maximum absolute atomic E-state index is 12.0. The molecule has 0 radical (unpaired) electrons. The second-order valence-electron chi connectivity index (χ2n) is 3.75. The summed E-state index contributed by atoms with van der Waals surface area (Å²) in [5.74, 6) is -0.467. The lowest BCUT2D eigenvalue weighted by atomic mass is 10.1. The van der Waals surface area contributed by atoms with Crippen LogP contribution in [0.3, 0.4) is 0 Å². The van der Waals surface area contributed by atoms with Crippen LogP contribution in [0.25, 0.3) is 10.4 Å². The average molecular weight is 315 g/mol. The Bertz CT molecular complexity index is 745. The lowest BCUT2D eigenvalue weighted by Crippen LogP contribution is -2.04. The Labute approximate surface area is 129 Å². The number of allylic oxidation sites excluding steroid dienone is 1. The number of ether oxygens (including phenoxy) is 1. The van der Waals surface area contributed by atoms with Gasteiger partial charge >= 0.3 is 5.97 Å². The second-order valence-corrected chi connectivity index (χ2v) is 5.58. The van der Waals surface area contributed by atoms with Crippen LogP contribution in [0.4, 0.5) is 5.00 Å². The van der Waals surface area contributed by atoms with E-state index in [0.717, 1.165) is 10.4 Å². The summed E-state index contributed by atoms with van der Waals surface area (Å²) in [4.78, 5) is 12.9. The third-order valence-electron chi connectivity index (χ3n) is 2.56. The number of nitrogens with zero attached hydrogens (tertiary/aromatic N) is 2. The standard InChI is InChI=1S/C14H9N3O2S2/c1-19-14(18)12-10(11-3-2-4-20-11)8-21-13(12)17-7-9(5-15)6-16/h2-4,7-8,17H,1H3. The molecule has 5 nitrogen and oxygen atoms in total. The molecule has 0 saturated heterocycles. The van der Waals surface area contributed by atoms with Crippen LogP contribution in [0.2, 0.25) is 0 Å². The van der Waals surface area contributed by atoms with Gasteiger partial charge in [-0.05, 0) is 11.4 Å². The molecular weight excluding hydrogens is 306 g/mol. The molecule has 0 spiro atoms. The zero-order valence-corrected chi connectivity index (χ0v) is 12.5. The molecule has 0 amide bonds. The van der Waals surface area contributed by atoms with E-state index < -0.39 is 5.97 Å². The van der Waals surface area contributed by atoms with Gasteiger partial charge in [-0.2, -0.15) is 10.5 Å². The van der Waals surface area contributed by atoms with Gasteiger partial charge in [0.25, 0.3) is 0 Å². The van der Waals surface area contributed by atoms with Crippen molar-refractivity contribution in [2.75, 3.05) is 12.4 Å². The van der Waals surface area contributed by atoms with Gasteiger partial charge in [-0.25, -0.2) is 4.79 Å². The molecule has 0 saturated carbocycles. The summed E-state index contributed by atoms with van der Waals surface area (Å²) in [6.07, 6.45) is 1.27. The average Bonchev–Trinajstić information content (AvgIpc) is 3.16. The molecule has 2 heterocycles. The van der Waals surface area contributed by atoms with Crippen LogP contribution in [0.15, 0.2) is 34.7 Å². The van der Waals surface area contributed by atoms with E-state index >= 15 is 0 Å². The smallest absolute Gasteiger partial charge is 0.341 e. The molecular formula is C14H9N3O2S2. The summed E-state index contributed by atoms with van der Waals surface area (Å²) < 4.78 is 4.82. The fraction of sp³-hybridized carbons (Fsp3) is 0.0714. The number of methoxy groups -OCH3 is 1. The van der Waals surface area contributed by atoms with Gasteiger partial charge in [0.2, 0.25) is 0 Å². The molecule has 2 aromatic heterocycles. The molecule has 0 atom stereocenters. The summed E-state index contributed by atoms with van der Waals surface area (Å²) in [6, 6.07) is 7.30. The van der Waals surface area contributed by atoms with Gasteiger partial charge in [0.05, 0.1) is 7.11 Å². The Morgan fingerprint density at radius 2 is 2.14 bits per heavy atom. The van der Waals surface area contributed by atoms with E-state index in [1.165, 1.54) is 36.0 Å². The number of nitriles is 2. The minimum absolute atomic E-state index is 0.0723. The number of thiophene rings is 2. The SMILES string of the molecule is COC(=O)c1c(-c2cccs2)csc1NC=C(C#N)C#N. The summed E-state index contributed by atoms with van der Waals surface area (Å²) in [7, 11) is 1.31. The highest BCUT2D eigenvalue weighted by atomic mass is 32.1. The van der Waals surface area contributed by atoms with E-state index in [1.807, 2.05) is 22.9 Å². The topological polar surface area (TPSA) is 85.9 Å². The fourth-order valence-electron chi connectivity index (χ4n) is 1.61.